The molecule has 0 aliphatic carbocycles. The lowest BCUT2D eigenvalue weighted by Gasteiger charge is -2.41. The number of likely N-dealkylation sites (tertiary alicyclic amines) is 1. The molecule has 0 spiro atoms. The molecule has 186 valence electrons. The van der Waals surface area contributed by atoms with E-state index in [4.69, 9.17) is 14.2 Å². The molecule has 1 amide bonds. The van der Waals surface area contributed by atoms with Gasteiger partial charge in [0.2, 0.25) is 11.7 Å². The van der Waals surface area contributed by atoms with E-state index in [1.54, 1.807) is 0 Å². The minimum Gasteiger partial charge on any atom is -0.394 e. The average Bonchev–Trinajstić information content (AvgIpc) is 3.18. The summed E-state index contributed by atoms with van der Waals surface area (Å²) in [7, 11) is 0. The van der Waals surface area contributed by atoms with Crippen molar-refractivity contribution in [3.05, 3.63) is 0 Å². The predicted molar refractivity (Wildman–Crippen MR) is 106 cm³/mol. The zero-order valence-electron chi connectivity index (χ0n) is 18.2. The van der Waals surface area contributed by atoms with Crippen LogP contribution in [-0.2, 0) is 19.0 Å². The van der Waals surface area contributed by atoms with Crippen molar-refractivity contribution in [3.63, 3.8) is 0 Å². The smallest absolute Gasteiger partial charge is 0.223 e. The molecule has 3 heterocycles. The highest BCUT2D eigenvalue weighted by Gasteiger charge is 2.58. The summed E-state index contributed by atoms with van der Waals surface area (Å²) >= 11 is 0. The highest BCUT2D eigenvalue weighted by atomic mass is 16.7. The molecule has 0 saturated carbocycles. The largest absolute Gasteiger partial charge is 0.394 e. The van der Waals surface area contributed by atoms with Gasteiger partial charge in [-0.2, -0.15) is 0 Å². The lowest BCUT2D eigenvalue weighted by Crippen LogP contribution is -2.61. The molecule has 32 heavy (non-hydrogen) atoms. The fourth-order valence-electron chi connectivity index (χ4n) is 4.73. The molecular formula is C20H35NO11. The minimum absolute atomic E-state index is 0.124. The van der Waals surface area contributed by atoms with Crippen molar-refractivity contribution in [3.8, 4) is 0 Å². The summed E-state index contributed by atoms with van der Waals surface area (Å²) in [6.07, 6.45) is -11.0. The molecular weight excluding hydrogens is 430 g/mol. The number of hydrogen-bond donors (Lipinski definition) is 7. The summed E-state index contributed by atoms with van der Waals surface area (Å²) in [6, 6.07) is 0. The molecule has 3 aliphatic heterocycles. The van der Waals surface area contributed by atoms with Crippen molar-refractivity contribution in [2.45, 2.75) is 81.5 Å². The fraction of sp³-hybridized carbons (Fsp3) is 0.950. The molecule has 0 unspecified atom stereocenters. The number of rotatable bonds is 8. The molecule has 0 radical (unpaired) electrons. The molecule has 0 aromatic heterocycles. The van der Waals surface area contributed by atoms with Crippen molar-refractivity contribution in [1.29, 1.82) is 0 Å². The zero-order chi connectivity index (χ0) is 23.8. The van der Waals surface area contributed by atoms with Crippen LogP contribution in [0.2, 0.25) is 0 Å². The van der Waals surface area contributed by atoms with Gasteiger partial charge in [-0.05, 0) is 18.3 Å². The van der Waals surface area contributed by atoms with Crippen LogP contribution in [0.5, 0.6) is 0 Å². The van der Waals surface area contributed by atoms with E-state index in [0.717, 1.165) is 6.42 Å². The molecule has 0 aromatic carbocycles. The first-order valence-corrected chi connectivity index (χ1v) is 10.9. The number of aliphatic hydroxyl groups is 7. The predicted octanol–water partition coefficient (Wildman–Crippen LogP) is -3.49. The van der Waals surface area contributed by atoms with Crippen LogP contribution in [0.4, 0.5) is 0 Å². The van der Waals surface area contributed by atoms with Gasteiger partial charge in [0.15, 0.2) is 6.29 Å². The Morgan fingerprint density at radius 2 is 1.75 bits per heavy atom. The van der Waals surface area contributed by atoms with Crippen molar-refractivity contribution in [2.24, 2.45) is 11.8 Å². The van der Waals surface area contributed by atoms with Gasteiger partial charge in [0, 0.05) is 13.0 Å². The zero-order valence-corrected chi connectivity index (χ0v) is 18.2. The van der Waals surface area contributed by atoms with E-state index in [0.29, 0.717) is 18.9 Å². The van der Waals surface area contributed by atoms with E-state index in [-0.39, 0.29) is 18.4 Å². The molecule has 3 fully saturated rings. The first-order valence-electron chi connectivity index (χ1n) is 10.9. The van der Waals surface area contributed by atoms with E-state index >= 15 is 0 Å². The second-order valence-corrected chi connectivity index (χ2v) is 9.40. The number of carbonyl (C=O) groups is 1. The number of amides is 1. The van der Waals surface area contributed by atoms with Crippen LogP contribution >= 0.6 is 0 Å². The Kier molecular flexibility index (Phi) is 8.14. The minimum atomic E-state index is -2.24. The van der Waals surface area contributed by atoms with Crippen LogP contribution in [0.15, 0.2) is 0 Å². The number of hydrogen-bond acceptors (Lipinski definition) is 11. The lowest BCUT2D eigenvalue weighted by molar-refractivity contribution is -0.318. The van der Waals surface area contributed by atoms with Crippen LogP contribution < -0.4 is 0 Å². The topological polar surface area (TPSA) is 190 Å². The summed E-state index contributed by atoms with van der Waals surface area (Å²) in [5, 5.41) is 70.8. The highest BCUT2D eigenvalue weighted by Crippen LogP contribution is 2.36. The molecule has 7 N–H and O–H groups in total. The summed E-state index contributed by atoms with van der Waals surface area (Å²) in [4.78, 5) is 13.8. The summed E-state index contributed by atoms with van der Waals surface area (Å²) in [5.74, 6) is -1.90. The molecule has 0 aromatic rings. The van der Waals surface area contributed by atoms with Crippen LogP contribution in [0.1, 0.15) is 26.7 Å². The molecule has 12 nitrogen and oxygen atoms in total. The van der Waals surface area contributed by atoms with E-state index in [1.165, 1.54) is 4.90 Å². The van der Waals surface area contributed by atoms with Gasteiger partial charge in [-0.1, -0.05) is 13.8 Å². The Balaban J connectivity index is 1.69. The van der Waals surface area contributed by atoms with Crippen LogP contribution in [0.3, 0.4) is 0 Å². The standard InChI is InChI=1S/C20H35NO11/c1-9(2)3-10-4-13(24)21(5-10)8-20(29)18(28)17(12(7-23)32-20)31-19-16(27)15(26)14(25)11(6-22)30-19/h9-12,14-19,22-23,25-29H,3-8H2,1-2H3/t10-,11+,12+,14-,15-,16+,17+,18-,19-,20+/m0/s1. The Morgan fingerprint density at radius 3 is 2.34 bits per heavy atom. The van der Waals surface area contributed by atoms with Crippen LogP contribution in [0, 0.1) is 11.8 Å². The average molecular weight is 465 g/mol. The Morgan fingerprint density at radius 1 is 1.09 bits per heavy atom. The van der Waals surface area contributed by atoms with Crippen molar-refractivity contribution in [1.82, 2.24) is 4.90 Å². The summed E-state index contributed by atoms with van der Waals surface area (Å²) < 4.78 is 16.3. The molecule has 12 heteroatoms. The van der Waals surface area contributed by atoms with Gasteiger partial charge in [-0.25, -0.2) is 0 Å². The van der Waals surface area contributed by atoms with Crippen molar-refractivity contribution in [2.75, 3.05) is 26.3 Å². The monoisotopic (exact) mass is 465 g/mol. The third-order valence-corrected chi connectivity index (χ3v) is 6.33. The van der Waals surface area contributed by atoms with Gasteiger partial charge in [0.1, 0.15) is 42.7 Å². The maximum absolute atomic E-state index is 12.4. The normalized spacial score (nSPS) is 45.2. The Labute approximate surface area is 185 Å². The van der Waals surface area contributed by atoms with E-state index in [9.17, 15) is 40.5 Å². The van der Waals surface area contributed by atoms with Gasteiger partial charge >= 0.3 is 0 Å². The third-order valence-electron chi connectivity index (χ3n) is 6.33. The first-order chi connectivity index (χ1) is 15.0. The lowest BCUT2D eigenvalue weighted by atomic mass is 9.96. The maximum atomic E-state index is 12.4. The SMILES string of the molecule is CC(C)C[C@H]1CC(=O)N(C[C@@]2(O)O[C@H](CO)[C@@H](O[C@@H]3O[C@H](CO)[C@H](O)[C@H](O)[C@H]3O)[C@@H]2O)C1. The highest BCUT2D eigenvalue weighted by molar-refractivity contribution is 5.78. The molecule has 3 aliphatic rings. The number of β-amino-alcohol motifs (C(OH)–C–C–N with tert-alkyl or cyclic N) is 1. The Bertz CT molecular complexity index is 649. The third kappa shape index (κ3) is 5.09. The number of aliphatic hydroxyl groups excluding tert-OH is 6. The fourth-order valence-corrected chi connectivity index (χ4v) is 4.73. The van der Waals surface area contributed by atoms with E-state index < -0.39 is 68.0 Å². The van der Waals surface area contributed by atoms with Crippen LogP contribution in [-0.4, -0.2) is 128 Å². The second kappa shape index (κ2) is 10.1. The van der Waals surface area contributed by atoms with Crippen LogP contribution in [0.25, 0.3) is 0 Å². The quantitative estimate of drug-likeness (QED) is 0.188. The number of carbonyl (C=O) groups excluding carboxylic acids is 1. The molecule has 0 bridgehead atoms. The van der Waals surface area contributed by atoms with E-state index in [1.807, 2.05) is 0 Å². The molecule has 3 rings (SSSR count). The number of ether oxygens (including phenoxy) is 3. The van der Waals surface area contributed by atoms with E-state index in [2.05, 4.69) is 13.8 Å². The first kappa shape index (κ1) is 25.7. The van der Waals surface area contributed by atoms with Gasteiger partial charge in [-0.3, -0.25) is 4.79 Å². The second-order valence-electron chi connectivity index (χ2n) is 9.40. The number of nitrogens with zero attached hydrogens (tertiary/aromatic N) is 1. The van der Waals surface area contributed by atoms with Gasteiger partial charge < -0.3 is 54.9 Å². The van der Waals surface area contributed by atoms with Gasteiger partial charge in [0.25, 0.3) is 0 Å². The Hall–Kier alpha value is -0.930. The summed E-state index contributed by atoms with van der Waals surface area (Å²) in [6.45, 7) is 2.83. The maximum Gasteiger partial charge on any atom is 0.223 e. The molecule has 10 atom stereocenters. The van der Waals surface area contributed by atoms with Gasteiger partial charge in [0.05, 0.1) is 19.8 Å². The van der Waals surface area contributed by atoms with Gasteiger partial charge in [-0.15, -0.1) is 0 Å². The summed E-state index contributed by atoms with van der Waals surface area (Å²) in [5.41, 5.74) is 0. The van der Waals surface area contributed by atoms with Crippen molar-refractivity contribution >= 4 is 5.91 Å². The van der Waals surface area contributed by atoms with Crippen molar-refractivity contribution < 1.29 is 54.8 Å². The molecule has 3 saturated heterocycles.